The van der Waals surface area contributed by atoms with Crippen LogP contribution in [0.15, 0.2) is 20.7 Å². The van der Waals surface area contributed by atoms with Crippen molar-refractivity contribution in [3.8, 4) is 0 Å². The molecule has 1 aliphatic heterocycles. The maximum atomic E-state index is 12.3. The summed E-state index contributed by atoms with van der Waals surface area (Å²) in [5.41, 5.74) is 4.19. The molecule has 0 aromatic carbocycles. The third kappa shape index (κ3) is 2.62. The summed E-state index contributed by atoms with van der Waals surface area (Å²) in [5, 5.41) is 0. The van der Waals surface area contributed by atoms with Gasteiger partial charge in [0.2, 0.25) is 10.0 Å². The molecular formula is C10H16N4O4S. The first-order chi connectivity index (χ1) is 8.82. The molecule has 19 heavy (non-hydrogen) atoms. The summed E-state index contributed by atoms with van der Waals surface area (Å²) in [4.78, 5) is 26.1. The molecule has 2 unspecified atom stereocenters. The van der Waals surface area contributed by atoms with Crippen molar-refractivity contribution in [3.05, 3.63) is 27.0 Å². The fourth-order valence-corrected chi connectivity index (χ4v) is 3.50. The van der Waals surface area contributed by atoms with Gasteiger partial charge in [0.1, 0.15) is 0 Å². The second-order valence-corrected chi connectivity index (χ2v) is 6.64. The standard InChI is InChI=1S/C10H16N4O4S/c1-6-2-3-14(5-7(6)11)19(17,18)8-4-12-10(16)13-9(8)15/h4,6-7H,2-3,5,11H2,1H3,(H2,12,13,15,16). The number of piperidine rings is 1. The summed E-state index contributed by atoms with van der Waals surface area (Å²) in [6, 6.07) is -0.259. The SMILES string of the molecule is CC1CCN(S(=O)(=O)c2c[nH]c(=O)[nH]c2=O)CC1N. The molecule has 0 radical (unpaired) electrons. The molecule has 0 amide bonds. The van der Waals surface area contributed by atoms with Crippen molar-refractivity contribution in [1.82, 2.24) is 14.3 Å². The van der Waals surface area contributed by atoms with Gasteiger partial charge in [-0.1, -0.05) is 6.92 Å². The molecule has 0 spiro atoms. The number of nitrogens with two attached hydrogens (primary N) is 1. The van der Waals surface area contributed by atoms with E-state index in [1.807, 2.05) is 11.9 Å². The van der Waals surface area contributed by atoms with Crippen LogP contribution in [-0.4, -0.2) is 41.8 Å². The lowest BCUT2D eigenvalue weighted by atomic mass is 9.96. The number of H-pyrrole nitrogens is 2. The van der Waals surface area contributed by atoms with E-state index < -0.39 is 26.2 Å². The van der Waals surface area contributed by atoms with Gasteiger partial charge in [0.15, 0.2) is 4.90 Å². The zero-order valence-electron chi connectivity index (χ0n) is 10.4. The van der Waals surface area contributed by atoms with Crippen molar-refractivity contribution in [3.63, 3.8) is 0 Å². The Morgan fingerprint density at radius 2 is 2.11 bits per heavy atom. The minimum Gasteiger partial charge on any atom is -0.326 e. The summed E-state index contributed by atoms with van der Waals surface area (Å²) < 4.78 is 25.8. The van der Waals surface area contributed by atoms with E-state index in [-0.39, 0.29) is 18.5 Å². The summed E-state index contributed by atoms with van der Waals surface area (Å²) in [6.45, 7) is 2.44. The molecule has 1 aromatic rings. The lowest BCUT2D eigenvalue weighted by Crippen LogP contribution is -2.50. The highest BCUT2D eigenvalue weighted by atomic mass is 32.2. The molecule has 0 aliphatic carbocycles. The highest BCUT2D eigenvalue weighted by Gasteiger charge is 2.33. The Balaban J connectivity index is 2.38. The number of aromatic nitrogens is 2. The molecule has 9 heteroatoms. The van der Waals surface area contributed by atoms with Crippen LogP contribution < -0.4 is 17.0 Å². The van der Waals surface area contributed by atoms with Gasteiger partial charge in [-0.25, -0.2) is 13.2 Å². The van der Waals surface area contributed by atoms with Gasteiger partial charge in [-0.15, -0.1) is 0 Å². The molecule has 4 N–H and O–H groups in total. The molecule has 0 saturated carbocycles. The van der Waals surface area contributed by atoms with Crippen molar-refractivity contribution in [2.24, 2.45) is 11.7 Å². The summed E-state index contributed by atoms with van der Waals surface area (Å²) in [7, 11) is -3.93. The van der Waals surface area contributed by atoms with Crippen LogP contribution in [0.2, 0.25) is 0 Å². The first-order valence-corrected chi connectivity index (χ1v) is 7.34. The Labute approximate surface area is 109 Å². The van der Waals surface area contributed by atoms with Gasteiger partial charge >= 0.3 is 5.69 Å². The summed E-state index contributed by atoms with van der Waals surface area (Å²) in [6.07, 6.45) is 1.56. The van der Waals surface area contributed by atoms with Crippen LogP contribution >= 0.6 is 0 Å². The Bertz CT molecular complexity index is 677. The van der Waals surface area contributed by atoms with Gasteiger partial charge in [0.25, 0.3) is 5.56 Å². The average molecular weight is 288 g/mol. The van der Waals surface area contributed by atoms with Gasteiger partial charge in [-0.2, -0.15) is 4.31 Å². The molecule has 2 atom stereocenters. The van der Waals surface area contributed by atoms with Crippen molar-refractivity contribution in [1.29, 1.82) is 0 Å². The Morgan fingerprint density at radius 3 is 2.68 bits per heavy atom. The average Bonchev–Trinajstić information content (AvgIpc) is 2.32. The Kier molecular flexibility index (Phi) is 3.61. The molecule has 8 nitrogen and oxygen atoms in total. The molecule has 1 aromatic heterocycles. The molecule has 2 rings (SSSR count). The molecule has 1 fully saturated rings. The third-order valence-corrected chi connectivity index (χ3v) is 5.25. The first kappa shape index (κ1) is 14.0. The molecule has 0 bridgehead atoms. The fourth-order valence-electron chi connectivity index (χ4n) is 2.01. The lowest BCUT2D eigenvalue weighted by Gasteiger charge is -2.33. The van der Waals surface area contributed by atoms with Crippen molar-refractivity contribution in [2.45, 2.75) is 24.3 Å². The first-order valence-electron chi connectivity index (χ1n) is 5.90. The van der Waals surface area contributed by atoms with Gasteiger partial charge in [0.05, 0.1) is 0 Å². The van der Waals surface area contributed by atoms with Crippen LogP contribution in [0.1, 0.15) is 13.3 Å². The van der Waals surface area contributed by atoms with E-state index in [4.69, 9.17) is 5.73 Å². The van der Waals surface area contributed by atoms with E-state index in [2.05, 4.69) is 4.98 Å². The van der Waals surface area contributed by atoms with Gasteiger partial charge in [0, 0.05) is 25.3 Å². The number of sulfonamides is 1. The van der Waals surface area contributed by atoms with Crippen molar-refractivity contribution in [2.75, 3.05) is 13.1 Å². The van der Waals surface area contributed by atoms with Gasteiger partial charge in [-0.3, -0.25) is 9.78 Å². The number of hydrogen-bond donors (Lipinski definition) is 3. The van der Waals surface area contributed by atoms with Gasteiger partial charge in [-0.05, 0) is 12.3 Å². The predicted molar refractivity (Wildman–Crippen MR) is 68.2 cm³/mol. The molecule has 2 heterocycles. The van der Waals surface area contributed by atoms with E-state index in [0.29, 0.717) is 13.0 Å². The van der Waals surface area contributed by atoms with Crippen molar-refractivity contribution >= 4 is 10.0 Å². The Morgan fingerprint density at radius 1 is 1.42 bits per heavy atom. The molecule has 106 valence electrons. The van der Waals surface area contributed by atoms with Crippen LogP contribution in [0.25, 0.3) is 0 Å². The minimum atomic E-state index is -3.93. The molecular weight excluding hydrogens is 272 g/mol. The van der Waals surface area contributed by atoms with Crippen LogP contribution in [-0.2, 0) is 10.0 Å². The quantitative estimate of drug-likeness (QED) is 0.605. The second-order valence-electron chi connectivity index (χ2n) is 4.73. The van der Waals surface area contributed by atoms with Crippen LogP contribution in [0.4, 0.5) is 0 Å². The van der Waals surface area contributed by atoms with E-state index in [0.717, 1.165) is 6.20 Å². The van der Waals surface area contributed by atoms with Crippen LogP contribution in [0.3, 0.4) is 0 Å². The van der Waals surface area contributed by atoms with E-state index in [1.54, 1.807) is 0 Å². The van der Waals surface area contributed by atoms with E-state index in [9.17, 15) is 18.0 Å². The minimum absolute atomic E-state index is 0.169. The fraction of sp³-hybridized carbons (Fsp3) is 0.600. The predicted octanol–water partition coefficient (Wildman–Crippen LogP) is -1.58. The zero-order chi connectivity index (χ0) is 14.2. The smallest absolute Gasteiger partial charge is 0.325 e. The number of hydrogen-bond acceptors (Lipinski definition) is 5. The van der Waals surface area contributed by atoms with Gasteiger partial charge < -0.3 is 10.7 Å². The normalized spacial score (nSPS) is 25.4. The van der Waals surface area contributed by atoms with Crippen molar-refractivity contribution < 1.29 is 8.42 Å². The number of nitrogens with zero attached hydrogens (tertiary/aromatic N) is 1. The van der Waals surface area contributed by atoms with E-state index >= 15 is 0 Å². The monoisotopic (exact) mass is 288 g/mol. The molecule has 1 aliphatic rings. The highest BCUT2D eigenvalue weighted by molar-refractivity contribution is 7.89. The molecule has 1 saturated heterocycles. The van der Waals surface area contributed by atoms with E-state index in [1.165, 1.54) is 4.31 Å². The third-order valence-electron chi connectivity index (χ3n) is 3.38. The van der Waals surface area contributed by atoms with Crippen LogP contribution in [0, 0.1) is 5.92 Å². The summed E-state index contributed by atoms with van der Waals surface area (Å²) >= 11 is 0. The summed E-state index contributed by atoms with van der Waals surface area (Å²) in [5.74, 6) is 0.236. The maximum absolute atomic E-state index is 12.3. The topological polar surface area (TPSA) is 129 Å². The maximum Gasteiger partial charge on any atom is 0.325 e. The highest BCUT2D eigenvalue weighted by Crippen LogP contribution is 2.20. The van der Waals surface area contributed by atoms with Crippen LogP contribution in [0.5, 0.6) is 0 Å². The Hall–Kier alpha value is -1.45. The largest absolute Gasteiger partial charge is 0.326 e. The lowest BCUT2D eigenvalue weighted by molar-refractivity contribution is 0.252. The number of rotatable bonds is 2. The second kappa shape index (κ2) is 4.91. The zero-order valence-corrected chi connectivity index (χ0v) is 11.2. The number of nitrogens with one attached hydrogen (secondary N) is 2. The number of aromatic amines is 2.